The number of hydrogen-bond donors (Lipinski definition) is 2. The van der Waals surface area contributed by atoms with E-state index in [1.807, 2.05) is 12.1 Å². The van der Waals surface area contributed by atoms with Gasteiger partial charge in [0.25, 0.3) is 0 Å². The van der Waals surface area contributed by atoms with Gasteiger partial charge in [-0.15, -0.1) is 0 Å². The first kappa shape index (κ1) is 15.7. The van der Waals surface area contributed by atoms with Crippen LogP contribution in [0.4, 0.5) is 5.88 Å². The van der Waals surface area contributed by atoms with Crippen molar-refractivity contribution in [2.45, 2.75) is 57.4 Å². The number of carbonyl (C=O) groups is 1. The van der Waals surface area contributed by atoms with Crippen LogP contribution in [-0.2, 0) is 4.79 Å². The van der Waals surface area contributed by atoms with E-state index in [0.29, 0.717) is 18.3 Å². The van der Waals surface area contributed by atoms with Gasteiger partial charge in [-0.1, -0.05) is 25.0 Å². The summed E-state index contributed by atoms with van der Waals surface area (Å²) in [7, 11) is 0. The Morgan fingerprint density at radius 3 is 2.85 bits per heavy atom. The third-order valence-electron chi connectivity index (χ3n) is 5.82. The third kappa shape index (κ3) is 2.45. The Morgan fingerprint density at radius 1 is 1.15 bits per heavy atom. The van der Waals surface area contributed by atoms with Crippen LogP contribution in [-0.4, -0.2) is 17.3 Å². The van der Waals surface area contributed by atoms with Crippen LogP contribution in [0.25, 0.3) is 11.0 Å². The lowest BCUT2D eigenvalue weighted by Gasteiger charge is -2.37. The largest absolute Gasteiger partial charge is 0.440 e. The standard InChI is InChI=1S/C21H23N3O2/c1-13-7-8-14-12-18(26-17(14)11-13)23-20-22-15-5-4-6-16(25)19(15)21(24-20)9-2-3-10-21/h7-8,11-12H,2-6,9-10H2,1H3,(H2,22,23,24). The van der Waals surface area contributed by atoms with Gasteiger partial charge in [-0.25, -0.2) is 4.99 Å². The minimum atomic E-state index is -0.330. The molecule has 5 nitrogen and oxygen atoms in total. The summed E-state index contributed by atoms with van der Waals surface area (Å²) in [5, 5.41) is 7.76. The van der Waals surface area contributed by atoms with Gasteiger partial charge in [-0.3, -0.25) is 10.1 Å². The Bertz CT molecular complexity index is 961. The molecule has 2 aliphatic carbocycles. The van der Waals surface area contributed by atoms with Crippen molar-refractivity contribution in [2.24, 2.45) is 4.99 Å². The topological polar surface area (TPSA) is 66.6 Å². The molecular formula is C21H23N3O2. The summed E-state index contributed by atoms with van der Waals surface area (Å²) in [6, 6.07) is 8.18. The molecule has 1 saturated carbocycles. The summed E-state index contributed by atoms with van der Waals surface area (Å²) in [6.45, 7) is 2.06. The van der Waals surface area contributed by atoms with E-state index >= 15 is 0 Å². The number of aryl methyl sites for hydroxylation is 1. The number of rotatable bonds is 1. The van der Waals surface area contributed by atoms with Gasteiger partial charge in [0.2, 0.25) is 11.8 Å². The van der Waals surface area contributed by atoms with Crippen molar-refractivity contribution in [2.75, 3.05) is 5.32 Å². The van der Waals surface area contributed by atoms with Crippen molar-refractivity contribution in [3.05, 3.63) is 41.1 Å². The second kappa shape index (κ2) is 5.73. The van der Waals surface area contributed by atoms with E-state index in [2.05, 4.69) is 29.7 Å². The van der Waals surface area contributed by atoms with E-state index < -0.39 is 0 Å². The van der Waals surface area contributed by atoms with Gasteiger partial charge in [0.15, 0.2) is 5.78 Å². The van der Waals surface area contributed by atoms with Crippen molar-refractivity contribution in [1.82, 2.24) is 5.32 Å². The van der Waals surface area contributed by atoms with Gasteiger partial charge in [-0.2, -0.15) is 0 Å². The second-order valence-corrected chi connectivity index (χ2v) is 7.73. The fraction of sp³-hybridized carbons (Fsp3) is 0.429. The molecule has 2 heterocycles. The first-order chi connectivity index (χ1) is 12.6. The molecular weight excluding hydrogens is 326 g/mol. The van der Waals surface area contributed by atoms with Crippen molar-refractivity contribution >= 4 is 28.6 Å². The molecule has 0 atom stereocenters. The molecule has 5 heteroatoms. The average Bonchev–Trinajstić information content (AvgIpc) is 3.21. The molecule has 0 unspecified atom stereocenters. The SMILES string of the molecule is Cc1ccc2cc(NC3=NC4(CCCC4)C4=C(CCCC4=O)N3)oc2c1. The summed E-state index contributed by atoms with van der Waals surface area (Å²) >= 11 is 0. The zero-order valence-corrected chi connectivity index (χ0v) is 15.0. The number of Topliss-reactive ketones (excluding diaryl/α,β-unsaturated/α-hetero) is 1. The van der Waals surface area contributed by atoms with Crippen LogP contribution in [0.1, 0.15) is 50.5 Å². The number of nitrogens with zero attached hydrogens (tertiary/aromatic N) is 1. The van der Waals surface area contributed by atoms with Crippen molar-refractivity contribution < 1.29 is 9.21 Å². The van der Waals surface area contributed by atoms with Crippen LogP contribution in [0.2, 0.25) is 0 Å². The smallest absolute Gasteiger partial charge is 0.203 e. The molecule has 1 aliphatic heterocycles. The number of nitrogens with one attached hydrogen (secondary N) is 2. The van der Waals surface area contributed by atoms with E-state index in [0.717, 1.165) is 60.8 Å². The lowest BCUT2D eigenvalue weighted by molar-refractivity contribution is -0.116. The predicted octanol–water partition coefficient (Wildman–Crippen LogP) is 4.43. The Kier molecular flexibility index (Phi) is 3.45. The van der Waals surface area contributed by atoms with Gasteiger partial charge in [-0.05, 0) is 44.2 Å². The lowest BCUT2D eigenvalue weighted by Crippen LogP contribution is -2.46. The number of aliphatic imine (C=N–C) groups is 1. The summed E-state index contributed by atoms with van der Waals surface area (Å²) in [5.74, 6) is 1.66. The van der Waals surface area contributed by atoms with Gasteiger partial charge >= 0.3 is 0 Å². The fourth-order valence-electron chi connectivity index (χ4n) is 4.65. The minimum absolute atomic E-state index is 0.280. The first-order valence-corrected chi connectivity index (χ1v) is 9.54. The quantitative estimate of drug-likeness (QED) is 0.799. The molecule has 3 aliphatic rings. The highest BCUT2D eigenvalue weighted by atomic mass is 16.3. The summed E-state index contributed by atoms with van der Waals surface area (Å²) in [6.07, 6.45) is 6.67. The van der Waals surface area contributed by atoms with Crippen LogP contribution < -0.4 is 10.6 Å². The molecule has 0 amide bonds. The van der Waals surface area contributed by atoms with Crippen molar-refractivity contribution in [3.63, 3.8) is 0 Å². The van der Waals surface area contributed by atoms with E-state index in [1.165, 1.54) is 5.56 Å². The van der Waals surface area contributed by atoms with Crippen LogP contribution in [0, 0.1) is 6.92 Å². The average molecular weight is 349 g/mol. The van der Waals surface area contributed by atoms with Gasteiger partial charge < -0.3 is 9.73 Å². The Hall–Kier alpha value is -2.56. The molecule has 0 bridgehead atoms. The monoisotopic (exact) mass is 349 g/mol. The minimum Gasteiger partial charge on any atom is -0.440 e. The van der Waals surface area contributed by atoms with Crippen LogP contribution >= 0.6 is 0 Å². The first-order valence-electron chi connectivity index (χ1n) is 9.54. The molecule has 1 fully saturated rings. The van der Waals surface area contributed by atoms with E-state index in [-0.39, 0.29) is 11.3 Å². The maximum atomic E-state index is 12.6. The summed E-state index contributed by atoms with van der Waals surface area (Å²) in [4.78, 5) is 17.6. The van der Waals surface area contributed by atoms with Crippen molar-refractivity contribution in [1.29, 1.82) is 0 Å². The number of fused-ring (bicyclic) bond motifs is 2. The molecule has 1 aromatic carbocycles. The molecule has 2 aromatic rings. The number of guanidine groups is 1. The highest BCUT2D eigenvalue weighted by molar-refractivity contribution is 6.04. The van der Waals surface area contributed by atoms with Gasteiger partial charge in [0, 0.05) is 29.1 Å². The second-order valence-electron chi connectivity index (χ2n) is 7.73. The zero-order valence-electron chi connectivity index (χ0n) is 15.0. The normalized spacial score (nSPS) is 21.7. The number of hydrogen-bond acceptors (Lipinski definition) is 5. The van der Waals surface area contributed by atoms with Gasteiger partial charge in [0.1, 0.15) is 5.58 Å². The molecule has 0 saturated heterocycles. The van der Waals surface area contributed by atoms with Crippen LogP contribution in [0.15, 0.2) is 44.9 Å². The number of benzene rings is 1. The Labute approximate surface area is 152 Å². The molecule has 0 radical (unpaired) electrons. The summed E-state index contributed by atoms with van der Waals surface area (Å²) in [5.41, 5.74) is 3.72. The summed E-state index contributed by atoms with van der Waals surface area (Å²) < 4.78 is 5.94. The molecule has 1 spiro atoms. The predicted molar refractivity (Wildman–Crippen MR) is 102 cm³/mol. The number of furan rings is 1. The molecule has 5 rings (SSSR count). The molecule has 134 valence electrons. The highest BCUT2D eigenvalue weighted by Gasteiger charge is 2.45. The van der Waals surface area contributed by atoms with E-state index in [9.17, 15) is 4.79 Å². The lowest BCUT2D eigenvalue weighted by atomic mass is 9.78. The number of anilines is 1. The maximum Gasteiger partial charge on any atom is 0.203 e. The molecule has 2 N–H and O–H groups in total. The van der Waals surface area contributed by atoms with E-state index in [4.69, 9.17) is 9.41 Å². The maximum absolute atomic E-state index is 12.6. The number of allylic oxidation sites excluding steroid dienone is 1. The van der Waals surface area contributed by atoms with Crippen molar-refractivity contribution in [3.8, 4) is 0 Å². The Morgan fingerprint density at radius 2 is 2.00 bits per heavy atom. The fourth-order valence-corrected chi connectivity index (χ4v) is 4.65. The van der Waals surface area contributed by atoms with Crippen LogP contribution in [0.5, 0.6) is 0 Å². The number of carbonyl (C=O) groups excluding carboxylic acids is 1. The van der Waals surface area contributed by atoms with Crippen LogP contribution in [0.3, 0.4) is 0 Å². The number of ketones is 1. The molecule has 26 heavy (non-hydrogen) atoms. The van der Waals surface area contributed by atoms with Gasteiger partial charge in [0.05, 0.1) is 5.54 Å². The zero-order chi connectivity index (χ0) is 17.7. The Balaban J connectivity index is 1.50. The molecule has 1 aromatic heterocycles. The highest BCUT2D eigenvalue weighted by Crippen LogP contribution is 2.45. The van der Waals surface area contributed by atoms with E-state index in [1.54, 1.807) is 0 Å². The third-order valence-corrected chi connectivity index (χ3v) is 5.82.